The molecule has 0 spiro atoms. The summed E-state index contributed by atoms with van der Waals surface area (Å²) in [7, 11) is 0. The summed E-state index contributed by atoms with van der Waals surface area (Å²) in [6, 6.07) is 5.70. The fourth-order valence-corrected chi connectivity index (χ4v) is 0.950. The molecule has 0 saturated heterocycles. The van der Waals surface area contributed by atoms with Gasteiger partial charge in [0.15, 0.2) is 0 Å². The minimum absolute atomic E-state index is 0.701. The third-order valence-corrected chi connectivity index (χ3v) is 1.57. The first-order chi connectivity index (χ1) is 5.77. The van der Waals surface area contributed by atoms with Crippen molar-refractivity contribution in [3.63, 3.8) is 0 Å². The van der Waals surface area contributed by atoms with Gasteiger partial charge in [0.05, 0.1) is 11.4 Å². The molecular weight excluding hydrogens is 148 g/mol. The summed E-state index contributed by atoms with van der Waals surface area (Å²) in [6.45, 7) is 7.20. The lowest BCUT2D eigenvalue weighted by atomic mass is 10.2. The van der Waals surface area contributed by atoms with Crippen LogP contribution in [-0.2, 0) is 0 Å². The maximum Gasteiger partial charge on any atom is 0.0613 e. The first-order valence-corrected chi connectivity index (χ1v) is 3.67. The Kier molecular flexibility index (Phi) is 2.53. The van der Waals surface area contributed by atoms with E-state index in [4.69, 9.17) is 5.73 Å². The van der Waals surface area contributed by atoms with Crippen molar-refractivity contribution in [3.05, 3.63) is 43.1 Å². The molecule has 12 heavy (non-hydrogen) atoms. The second-order valence-corrected chi connectivity index (χ2v) is 2.40. The number of hydrogen-bond acceptors (Lipinski definition) is 2. The molecule has 2 heteroatoms. The molecule has 0 unspecified atom stereocenters. The molecule has 0 bridgehead atoms. The predicted molar refractivity (Wildman–Crippen MR) is 54.8 cm³/mol. The Hall–Kier alpha value is -1.70. The van der Waals surface area contributed by atoms with Gasteiger partial charge in [0.1, 0.15) is 0 Å². The third kappa shape index (κ3) is 1.66. The molecule has 0 atom stereocenters. The first-order valence-electron chi connectivity index (χ1n) is 3.67. The maximum atomic E-state index is 5.72. The summed E-state index contributed by atoms with van der Waals surface area (Å²) < 4.78 is 0. The maximum absolute atomic E-state index is 5.72. The highest BCUT2D eigenvalue weighted by Gasteiger charge is 1.95. The van der Waals surface area contributed by atoms with E-state index in [-0.39, 0.29) is 0 Å². The number of anilines is 2. The van der Waals surface area contributed by atoms with Crippen LogP contribution >= 0.6 is 0 Å². The summed E-state index contributed by atoms with van der Waals surface area (Å²) in [5.74, 6) is 0. The molecule has 2 nitrogen and oxygen atoms in total. The van der Waals surface area contributed by atoms with Crippen molar-refractivity contribution in [1.82, 2.24) is 0 Å². The molecule has 0 amide bonds. The molecule has 62 valence electrons. The lowest BCUT2D eigenvalue weighted by Gasteiger charge is -2.05. The average Bonchev–Trinajstić information content (AvgIpc) is 2.09. The van der Waals surface area contributed by atoms with Gasteiger partial charge in [0, 0.05) is 0 Å². The van der Waals surface area contributed by atoms with Crippen LogP contribution in [0.3, 0.4) is 0 Å². The molecule has 0 heterocycles. The van der Waals surface area contributed by atoms with Crippen molar-refractivity contribution in [3.8, 4) is 0 Å². The van der Waals surface area contributed by atoms with E-state index in [0.717, 1.165) is 11.3 Å². The zero-order chi connectivity index (χ0) is 8.97. The van der Waals surface area contributed by atoms with Crippen LogP contribution in [0.15, 0.2) is 37.6 Å². The molecule has 0 aliphatic carbocycles. The van der Waals surface area contributed by atoms with Crippen LogP contribution < -0.4 is 11.1 Å². The van der Waals surface area contributed by atoms with Crippen molar-refractivity contribution in [1.29, 1.82) is 0 Å². The number of rotatable bonds is 3. The van der Waals surface area contributed by atoms with E-state index in [1.54, 1.807) is 12.3 Å². The molecule has 0 aromatic heterocycles. The summed E-state index contributed by atoms with van der Waals surface area (Å²) in [6.07, 6.45) is 3.35. The number of benzene rings is 1. The van der Waals surface area contributed by atoms with Gasteiger partial charge in [-0.2, -0.15) is 0 Å². The second-order valence-electron chi connectivity index (χ2n) is 2.40. The number of nitrogens with one attached hydrogen (secondary N) is 1. The van der Waals surface area contributed by atoms with Gasteiger partial charge in [0.2, 0.25) is 0 Å². The lowest BCUT2D eigenvalue weighted by Crippen LogP contribution is -1.94. The summed E-state index contributed by atoms with van der Waals surface area (Å²) >= 11 is 0. The van der Waals surface area contributed by atoms with Gasteiger partial charge in [-0.25, -0.2) is 0 Å². The molecule has 1 aromatic rings. The molecule has 0 aliphatic heterocycles. The first kappa shape index (κ1) is 8.40. The Bertz CT molecular complexity index is 303. The van der Waals surface area contributed by atoms with Crippen LogP contribution in [0, 0.1) is 0 Å². The van der Waals surface area contributed by atoms with Crippen LogP contribution in [0.2, 0.25) is 0 Å². The van der Waals surface area contributed by atoms with Crippen LogP contribution in [0.4, 0.5) is 11.4 Å². The molecule has 1 rings (SSSR count). The van der Waals surface area contributed by atoms with Gasteiger partial charge in [-0.3, -0.25) is 0 Å². The Morgan fingerprint density at radius 2 is 2.08 bits per heavy atom. The fraction of sp³-hybridized carbons (Fsp3) is 0. The fourth-order valence-electron chi connectivity index (χ4n) is 0.950. The van der Waals surface area contributed by atoms with E-state index in [2.05, 4.69) is 18.5 Å². The molecule has 0 aliphatic rings. The number of hydrogen-bond donors (Lipinski definition) is 2. The van der Waals surface area contributed by atoms with Crippen molar-refractivity contribution in [2.45, 2.75) is 0 Å². The van der Waals surface area contributed by atoms with Gasteiger partial charge >= 0.3 is 0 Å². The normalized spacial score (nSPS) is 9.00. The van der Waals surface area contributed by atoms with E-state index in [1.807, 2.05) is 18.2 Å². The van der Waals surface area contributed by atoms with Crippen LogP contribution in [0.25, 0.3) is 6.08 Å². The van der Waals surface area contributed by atoms with E-state index in [0.29, 0.717) is 5.69 Å². The summed E-state index contributed by atoms with van der Waals surface area (Å²) in [4.78, 5) is 0. The van der Waals surface area contributed by atoms with E-state index in [9.17, 15) is 0 Å². The largest absolute Gasteiger partial charge is 0.397 e. The van der Waals surface area contributed by atoms with Gasteiger partial charge in [-0.05, 0) is 23.9 Å². The van der Waals surface area contributed by atoms with Gasteiger partial charge < -0.3 is 11.1 Å². The predicted octanol–water partition coefficient (Wildman–Crippen LogP) is 2.47. The summed E-state index contributed by atoms with van der Waals surface area (Å²) in [5, 5.41) is 2.93. The van der Waals surface area contributed by atoms with Crippen LogP contribution in [0.5, 0.6) is 0 Å². The average molecular weight is 160 g/mol. The van der Waals surface area contributed by atoms with Crippen molar-refractivity contribution >= 4 is 17.5 Å². The standard InChI is InChI=1S/C10H12N2/c1-3-8-5-6-10(12-4-2)9(11)7-8/h3-7,12H,1-2,11H2. The minimum atomic E-state index is 0.701. The molecule has 0 saturated carbocycles. The molecule has 0 fully saturated rings. The van der Waals surface area contributed by atoms with E-state index < -0.39 is 0 Å². The number of nitrogens with two attached hydrogens (primary N) is 1. The van der Waals surface area contributed by atoms with Gasteiger partial charge in [0.25, 0.3) is 0 Å². The molecule has 0 radical (unpaired) electrons. The van der Waals surface area contributed by atoms with Crippen molar-refractivity contribution < 1.29 is 0 Å². The zero-order valence-corrected chi connectivity index (χ0v) is 6.88. The van der Waals surface area contributed by atoms with Crippen LogP contribution in [0.1, 0.15) is 5.56 Å². The lowest BCUT2D eigenvalue weighted by molar-refractivity contribution is 1.57. The van der Waals surface area contributed by atoms with Gasteiger partial charge in [-0.1, -0.05) is 25.3 Å². The Morgan fingerprint density at radius 1 is 1.33 bits per heavy atom. The topological polar surface area (TPSA) is 38.0 Å². The monoisotopic (exact) mass is 160 g/mol. The van der Waals surface area contributed by atoms with Crippen molar-refractivity contribution in [2.75, 3.05) is 11.1 Å². The second kappa shape index (κ2) is 3.62. The van der Waals surface area contributed by atoms with Crippen molar-refractivity contribution in [2.24, 2.45) is 0 Å². The highest BCUT2D eigenvalue weighted by atomic mass is 14.9. The zero-order valence-electron chi connectivity index (χ0n) is 6.88. The molecule has 3 N–H and O–H groups in total. The summed E-state index contributed by atoms with van der Waals surface area (Å²) in [5.41, 5.74) is 8.31. The SMILES string of the molecule is C=CNc1ccc(C=C)cc1N. The smallest absolute Gasteiger partial charge is 0.0613 e. The van der Waals surface area contributed by atoms with E-state index >= 15 is 0 Å². The Balaban J connectivity index is 3.02. The Labute approximate surface area is 72.4 Å². The highest BCUT2D eigenvalue weighted by Crippen LogP contribution is 2.19. The van der Waals surface area contributed by atoms with E-state index in [1.165, 1.54) is 0 Å². The molecular formula is C10H12N2. The Morgan fingerprint density at radius 3 is 2.58 bits per heavy atom. The third-order valence-electron chi connectivity index (χ3n) is 1.57. The quantitative estimate of drug-likeness (QED) is 0.666. The molecule has 1 aromatic carbocycles. The van der Waals surface area contributed by atoms with Gasteiger partial charge in [-0.15, -0.1) is 0 Å². The minimum Gasteiger partial charge on any atom is -0.397 e. The van der Waals surface area contributed by atoms with Crippen LogP contribution in [-0.4, -0.2) is 0 Å². The number of nitrogen functional groups attached to an aromatic ring is 1. The highest BCUT2D eigenvalue weighted by molar-refractivity contribution is 5.70.